The molecule has 1 aromatic heterocycles. The second-order valence-electron chi connectivity index (χ2n) is 7.57. The largest absolute Gasteiger partial charge is 0.342 e. The zero-order valence-electron chi connectivity index (χ0n) is 18.0. The normalized spacial score (nSPS) is 13.1. The number of aromatic nitrogens is 2. The van der Waals surface area contributed by atoms with E-state index < -0.39 is 15.9 Å². The first-order valence-electron chi connectivity index (χ1n) is 10.2. The van der Waals surface area contributed by atoms with Gasteiger partial charge in [-0.25, -0.2) is 13.4 Å². The summed E-state index contributed by atoms with van der Waals surface area (Å²) in [4.78, 5) is 20.8. The van der Waals surface area contributed by atoms with Crippen molar-refractivity contribution in [2.75, 3.05) is 13.1 Å². The van der Waals surface area contributed by atoms with Crippen molar-refractivity contribution in [1.29, 1.82) is 0 Å². The third kappa shape index (κ3) is 4.76. The molecule has 1 heterocycles. The molecule has 3 aromatic rings. The van der Waals surface area contributed by atoms with Gasteiger partial charge in [-0.15, -0.1) is 0 Å². The number of nitrogens with one attached hydrogen (secondary N) is 2. The summed E-state index contributed by atoms with van der Waals surface area (Å²) >= 11 is 6.19. The summed E-state index contributed by atoms with van der Waals surface area (Å²) in [6, 6.07) is 11.6. The van der Waals surface area contributed by atoms with Gasteiger partial charge < -0.3 is 10.3 Å². The molecule has 3 rings (SSSR count). The number of nitrogens with zero attached hydrogens (tertiary/aromatic N) is 2. The third-order valence-electron chi connectivity index (χ3n) is 5.17. The van der Waals surface area contributed by atoms with Crippen LogP contribution in [0.15, 0.2) is 47.4 Å². The molecule has 0 saturated carbocycles. The monoisotopic (exact) mass is 462 g/mol. The topological polar surface area (TPSA) is 95.2 Å². The standard InChI is InChI=1S/C22H27ClN4O3S/c1-5-27(6-2)31(29,30)19-13-15(11-12-16(19)23)22(28)26-20(14(3)4)21-24-17-9-7-8-10-18(17)25-21/h7-14,20H,5-6H2,1-4H3,(H,24,25)(H,26,28)/t20-/m0/s1. The van der Waals surface area contributed by atoms with Crippen molar-refractivity contribution in [3.05, 3.63) is 58.9 Å². The van der Waals surface area contributed by atoms with Crippen LogP contribution >= 0.6 is 11.6 Å². The number of H-pyrrole nitrogens is 1. The van der Waals surface area contributed by atoms with Crippen molar-refractivity contribution >= 4 is 38.6 Å². The molecule has 2 aromatic carbocycles. The fourth-order valence-electron chi connectivity index (χ4n) is 3.44. The number of rotatable bonds is 8. The summed E-state index contributed by atoms with van der Waals surface area (Å²) < 4.78 is 27.2. The fourth-order valence-corrected chi connectivity index (χ4v) is 5.40. The van der Waals surface area contributed by atoms with E-state index in [4.69, 9.17) is 11.6 Å². The minimum atomic E-state index is -3.80. The Morgan fingerprint density at radius 1 is 1.16 bits per heavy atom. The molecule has 166 valence electrons. The number of sulfonamides is 1. The van der Waals surface area contributed by atoms with Crippen molar-refractivity contribution in [1.82, 2.24) is 19.6 Å². The molecule has 0 unspecified atom stereocenters. The Kier molecular flexibility index (Phi) is 7.03. The fraction of sp³-hybridized carbons (Fsp3) is 0.364. The molecule has 0 aliphatic rings. The van der Waals surface area contributed by atoms with E-state index >= 15 is 0 Å². The van der Waals surface area contributed by atoms with E-state index in [0.29, 0.717) is 18.9 Å². The molecule has 0 bridgehead atoms. The average Bonchev–Trinajstić information content (AvgIpc) is 3.16. The van der Waals surface area contributed by atoms with Gasteiger partial charge in [0.05, 0.1) is 22.1 Å². The van der Waals surface area contributed by atoms with E-state index in [1.54, 1.807) is 13.8 Å². The van der Waals surface area contributed by atoms with Crippen molar-refractivity contribution in [3.8, 4) is 0 Å². The van der Waals surface area contributed by atoms with Gasteiger partial charge in [-0.1, -0.05) is 51.4 Å². The Morgan fingerprint density at radius 2 is 1.84 bits per heavy atom. The lowest BCUT2D eigenvalue weighted by molar-refractivity contribution is 0.0923. The van der Waals surface area contributed by atoms with E-state index in [1.165, 1.54) is 22.5 Å². The van der Waals surface area contributed by atoms with Crippen molar-refractivity contribution in [2.24, 2.45) is 5.92 Å². The third-order valence-corrected chi connectivity index (χ3v) is 7.70. The zero-order valence-corrected chi connectivity index (χ0v) is 19.6. The van der Waals surface area contributed by atoms with Crippen LogP contribution in [0.1, 0.15) is 49.9 Å². The first-order chi connectivity index (χ1) is 14.7. The molecular weight excluding hydrogens is 436 g/mol. The second-order valence-corrected chi connectivity index (χ2v) is 9.88. The molecule has 1 amide bonds. The maximum Gasteiger partial charge on any atom is 0.251 e. The Balaban J connectivity index is 1.93. The van der Waals surface area contributed by atoms with Crippen LogP contribution in [0.4, 0.5) is 0 Å². The first-order valence-corrected chi connectivity index (χ1v) is 12.1. The molecule has 31 heavy (non-hydrogen) atoms. The second kappa shape index (κ2) is 9.38. The SMILES string of the molecule is CCN(CC)S(=O)(=O)c1cc(C(=O)N[C@H](c2nc3ccccc3[nH]2)C(C)C)ccc1Cl. The summed E-state index contributed by atoms with van der Waals surface area (Å²) in [5.41, 5.74) is 1.92. The number of halogens is 1. The molecule has 1 atom stereocenters. The highest BCUT2D eigenvalue weighted by molar-refractivity contribution is 7.89. The van der Waals surface area contributed by atoms with Crippen LogP contribution in [0, 0.1) is 5.92 Å². The minimum absolute atomic E-state index is 0.0516. The molecule has 0 radical (unpaired) electrons. The lowest BCUT2D eigenvalue weighted by Crippen LogP contribution is -2.33. The van der Waals surface area contributed by atoms with Crippen LogP contribution in [0.2, 0.25) is 5.02 Å². The van der Waals surface area contributed by atoms with Gasteiger partial charge in [-0.3, -0.25) is 4.79 Å². The van der Waals surface area contributed by atoms with Gasteiger partial charge in [0.2, 0.25) is 10.0 Å². The van der Waals surface area contributed by atoms with Crippen LogP contribution in [0.25, 0.3) is 11.0 Å². The number of aromatic amines is 1. The van der Waals surface area contributed by atoms with Gasteiger partial charge in [-0.05, 0) is 36.2 Å². The molecule has 2 N–H and O–H groups in total. The number of imidazole rings is 1. The van der Waals surface area contributed by atoms with E-state index in [9.17, 15) is 13.2 Å². The number of benzene rings is 2. The van der Waals surface area contributed by atoms with E-state index in [0.717, 1.165) is 11.0 Å². The summed E-state index contributed by atoms with van der Waals surface area (Å²) in [6.45, 7) is 8.10. The molecule has 0 aliphatic carbocycles. The minimum Gasteiger partial charge on any atom is -0.342 e. The molecule has 0 aliphatic heterocycles. The van der Waals surface area contributed by atoms with E-state index in [-0.39, 0.29) is 27.4 Å². The molecule has 0 saturated heterocycles. The Labute approximate surface area is 187 Å². The molecule has 9 heteroatoms. The van der Waals surface area contributed by atoms with Gasteiger partial charge >= 0.3 is 0 Å². The Morgan fingerprint density at radius 3 is 2.45 bits per heavy atom. The van der Waals surface area contributed by atoms with Crippen molar-refractivity contribution in [2.45, 2.75) is 38.6 Å². The van der Waals surface area contributed by atoms with Crippen molar-refractivity contribution < 1.29 is 13.2 Å². The van der Waals surface area contributed by atoms with Gasteiger partial charge in [-0.2, -0.15) is 4.31 Å². The Hall–Kier alpha value is -2.42. The number of carbonyl (C=O) groups excluding carboxylic acids is 1. The van der Waals surface area contributed by atoms with Crippen LogP contribution in [-0.4, -0.2) is 41.7 Å². The maximum absolute atomic E-state index is 13.0. The number of hydrogen-bond donors (Lipinski definition) is 2. The molecule has 7 nitrogen and oxygen atoms in total. The Bertz CT molecular complexity index is 1150. The lowest BCUT2D eigenvalue weighted by Gasteiger charge is -2.22. The predicted octanol–water partition coefficient (Wildman–Crippen LogP) is 4.37. The van der Waals surface area contributed by atoms with Gasteiger partial charge in [0.25, 0.3) is 5.91 Å². The highest BCUT2D eigenvalue weighted by Crippen LogP contribution is 2.27. The molecule has 0 fully saturated rings. The first kappa shape index (κ1) is 23.2. The smallest absolute Gasteiger partial charge is 0.251 e. The van der Waals surface area contributed by atoms with Crippen LogP contribution in [0.3, 0.4) is 0 Å². The van der Waals surface area contributed by atoms with Crippen LogP contribution in [-0.2, 0) is 10.0 Å². The number of fused-ring (bicyclic) bond motifs is 1. The lowest BCUT2D eigenvalue weighted by atomic mass is 10.0. The maximum atomic E-state index is 13.0. The molecule has 0 spiro atoms. The highest BCUT2D eigenvalue weighted by atomic mass is 35.5. The average molecular weight is 463 g/mol. The van der Waals surface area contributed by atoms with Gasteiger partial charge in [0.15, 0.2) is 0 Å². The summed E-state index contributed by atoms with van der Waals surface area (Å²) in [5, 5.41) is 3.07. The molecular formula is C22H27ClN4O3S. The van der Waals surface area contributed by atoms with Gasteiger partial charge in [0, 0.05) is 18.7 Å². The number of para-hydroxylation sites is 2. The number of amides is 1. The number of hydrogen-bond acceptors (Lipinski definition) is 4. The predicted molar refractivity (Wildman–Crippen MR) is 123 cm³/mol. The summed E-state index contributed by atoms with van der Waals surface area (Å²) in [5.74, 6) is 0.303. The van der Waals surface area contributed by atoms with E-state index in [1.807, 2.05) is 38.1 Å². The van der Waals surface area contributed by atoms with Crippen LogP contribution < -0.4 is 5.32 Å². The van der Waals surface area contributed by atoms with Gasteiger partial charge in [0.1, 0.15) is 10.7 Å². The van der Waals surface area contributed by atoms with Crippen LogP contribution in [0.5, 0.6) is 0 Å². The number of carbonyl (C=O) groups is 1. The summed E-state index contributed by atoms with van der Waals surface area (Å²) in [7, 11) is -3.80. The summed E-state index contributed by atoms with van der Waals surface area (Å²) in [6.07, 6.45) is 0. The highest BCUT2D eigenvalue weighted by Gasteiger charge is 2.27. The zero-order chi connectivity index (χ0) is 22.8. The quantitative estimate of drug-likeness (QED) is 0.519. The van der Waals surface area contributed by atoms with E-state index in [2.05, 4.69) is 15.3 Å². The van der Waals surface area contributed by atoms with Crippen molar-refractivity contribution in [3.63, 3.8) is 0 Å².